The Morgan fingerprint density at radius 2 is 1.74 bits per heavy atom. The molecule has 0 unspecified atom stereocenters. The van der Waals surface area contributed by atoms with E-state index in [-0.39, 0.29) is 5.82 Å². The topological polar surface area (TPSA) is 54.1 Å². The lowest BCUT2D eigenvalue weighted by atomic mass is 9.81. The van der Waals surface area contributed by atoms with Gasteiger partial charge in [0.25, 0.3) is 0 Å². The molecule has 9 heteroatoms. The predicted octanol–water partition coefficient (Wildman–Crippen LogP) is 7.36. The molecule has 2 heterocycles. The summed E-state index contributed by atoms with van der Waals surface area (Å²) in [6.07, 6.45) is 7.28. The molecule has 0 saturated carbocycles. The Morgan fingerprint density at radius 1 is 1.00 bits per heavy atom. The zero-order valence-corrected chi connectivity index (χ0v) is 23.4. The minimum absolute atomic E-state index is 0.288. The maximum Gasteiger partial charge on any atom is 0.172 e. The third-order valence-corrected chi connectivity index (χ3v) is 7.78. The summed E-state index contributed by atoms with van der Waals surface area (Å²) in [5.74, 6) is 1.79. The van der Waals surface area contributed by atoms with Gasteiger partial charge in [-0.25, -0.2) is 14.4 Å². The molecule has 0 bridgehead atoms. The Hall–Kier alpha value is -3.75. The lowest BCUT2D eigenvalue weighted by molar-refractivity contribution is 0.344. The number of nitrogens with zero attached hydrogens (tertiary/aromatic N) is 4. The number of hydrogen-bond donors (Lipinski definition) is 0. The Kier molecular flexibility index (Phi) is 7.95. The third kappa shape index (κ3) is 5.82. The zero-order chi connectivity index (χ0) is 27.4. The van der Waals surface area contributed by atoms with Gasteiger partial charge in [-0.3, -0.25) is 4.57 Å². The van der Waals surface area contributed by atoms with Crippen LogP contribution >= 0.6 is 23.4 Å². The van der Waals surface area contributed by atoms with Crippen LogP contribution in [0.1, 0.15) is 25.1 Å². The van der Waals surface area contributed by atoms with Crippen molar-refractivity contribution in [2.24, 2.45) is 0 Å². The van der Waals surface area contributed by atoms with Crippen LogP contribution < -0.4 is 9.47 Å². The van der Waals surface area contributed by atoms with Crippen molar-refractivity contribution in [2.75, 3.05) is 19.5 Å². The fourth-order valence-corrected chi connectivity index (χ4v) is 5.34. The van der Waals surface area contributed by atoms with E-state index in [2.05, 4.69) is 23.4 Å². The van der Waals surface area contributed by atoms with Gasteiger partial charge in [0.2, 0.25) is 0 Å². The number of methoxy groups -OCH3 is 1. The summed E-state index contributed by atoms with van der Waals surface area (Å²) in [4.78, 5) is 8.84. The molecule has 2 aromatic heterocycles. The van der Waals surface area contributed by atoms with Crippen LogP contribution in [0.15, 0.2) is 96.8 Å². The van der Waals surface area contributed by atoms with E-state index >= 15 is 0 Å². The molecule has 3 aromatic carbocycles. The highest BCUT2D eigenvalue weighted by Gasteiger charge is 2.30. The summed E-state index contributed by atoms with van der Waals surface area (Å²) in [7, 11) is 1.60. The van der Waals surface area contributed by atoms with Crippen LogP contribution in [-0.2, 0) is 5.41 Å². The predicted molar refractivity (Wildman–Crippen MR) is 153 cm³/mol. The molecular formula is C30H28ClFN4O2S. The first-order chi connectivity index (χ1) is 18.9. The van der Waals surface area contributed by atoms with Gasteiger partial charge in [-0.15, -0.1) is 0 Å². The maximum atomic E-state index is 13.8. The quantitative estimate of drug-likeness (QED) is 0.131. The number of hydrogen-bond acceptors (Lipinski definition) is 5. The Bertz CT molecular complexity index is 1530. The second kappa shape index (κ2) is 11.6. The zero-order valence-electron chi connectivity index (χ0n) is 21.8. The molecule has 0 radical (unpaired) electrons. The molecule has 0 amide bonds. The van der Waals surface area contributed by atoms with Crippen molar-refractivity contribution in [1.29, 1.82) is 0 Å². The Labute approximate surface area is 236 Å². The summed E-state index contributed by atoms with van der Waals surface area (Å²) in [5, 5.41) is 1.35. The summed E-state index contributed by atoms with van der Waals surface area (Å²) in [5.41, 5.74) is 3.37. The number of halogens is 2. The van der Waals surface area contributed by atoms with Crippen LogP contribution in [0.5, 0.6) is 11.5 Å². The smallest absolute Gasteiger partial charge is 0.172 e. The number of ether oxygens (including phenoxy) is 2. The van der Waals surface area contributed by atoms with Crippen LogP contribution in [0.25, 0.3) is 11.4 Å². The van der Waals surface area contributed by atoms with Crippen molar-refractivity contribution in [1.82, 2.24) is 19.1 Å². The molecule has 39 heavy (non-hydrogen) atoms. The summed E-state index contributed by atoms with van der Waals surface area (Å²) in [6, 6.07) is 20.1. The molecular weight excluding hydrogens is 535 g/mol. The normalized spacial score (nSPS) is 11.5. The highest BCUT2D eigenvalue weighted by molar-refractivity contribution is 7.99. The van der Waals surface area contributed by atoms with Crippen molar-refractivity contribution < 1.29 is 13.9 Å². The molecule has 0 aliphatic carbocycles. The van der Waals surface area contributed by atoms with Gasteiger partial charge in [-0.05, 0) is 66.2 Å². The fraction of sp³-hybridized carbons (Fsp3) is 0.200. The van der Waals surface area contributed by atoms with Crippen molar-refractivity contribution in [2.45, 2.75) is 24.4 Å². The molecule has 0 aliphatic heterocycles. The first-order valence-corrected chi connectivity index (χ1v) is 13.8. The van der Waals surface area contributed by atoms with Crippen LogP contribution in [0, 0.1) is 5.82 Å². The second-order valence-electron chi connectivity index (χ2n) is 9.37. The Balaban J connectivity index is 1.36. The van der Waals surface area contributed by atoms with Crippen molar-refractivity contribution in [3.8, 4) is 22.9 Å². The van der Waals surface area contributed by atoms with E-state index in [0.29, 0.717) is 23.1 Å². The molecule has 0 aliphatic rings. The van der Waals surface area contributed by atoms with Crippen LogP contribution in [-0.4, -0.2) is 38.6 Å². The van der Waals surface area contributed by atoms with E-state index in [1.165, 1.54) is 12.1 Å². The number of imidazole rings is 2. The molecule has 0 N–H and O–H groups in total. The maximum absolute atomic E-state index is 13.8. The highest BCUT2D eigenvalue weighted by Crippen LogP contribution is 2.38. The van der Waals surface area contributed by atoms with Gasteiger partial charge in [0.1, 0.15) is 17.3 Å². The number of aromatic nitrogens is 4. The monoisotopic (exact) mass is 562 g/mol. The molecule has 6 nitrogen and oxygen atoms in total. The van der Waals surface area contributed by atoms with Gasteiger partial charge >= 0.3 is 0 Å². The minimum atomic E-state index is -0.453. The average molecular weight is 563 g/mol. The van der Waals surface area contributed by atoms with E-state index in [0.717, 1.165) is 33.5 Å². The Morgan fingerprint density at radius 3 is 2.44 bits per heavy atom. The van der Waals surface area contributed by atoms with Crippen LogP contribution in [0.4, 0.5) is 4.39 Å². The number of thioether (sulfide) groups is 1. The number of benzene rings is 3. The number of rotatable bonds is 10. The molecule has 5 aromatic rings. The first kappa shape index (κ1) is 26.8. The average Bonchev–Trinajstić information content (AvgIpc) is 3.63. The van der Waals surface area contributed by atoms with E-state index in [9.17, 15) is 4.39 Å². The summed E-state index contributed by atoms with van der Waals surface area (Å²) < 4.78 is 29.2. The van der Waals surface area contributed by atoms with Crippen molar-refractivity contribution in [3.63, 3.8) is 0 Å². The van der Waals surface area contributed by atoms with Crippen LogP contribution in [0.2, 0.25) is 5.02 Å². The second-order valence-corrected chi connectivity index (χ2v) is 10.8. The molecule has 0 fully saturated rings. The van der Waals surface area contributed by atoms with Gasteiger partial charge in [0.05, 0.1) is 37.0 Å². The molecule has 0 atom stereocenters. The summed E-state index contributed by atoms with van der Waals surface area (Å²) in [6.45, 7) is 4.74. The minimum Gasteiger partial charge on any atom is -0.495 e. The lowest BCUT2D eigenvalue weighted by Gasteiger charge is -2.28. The molecule has 0 saturated heterocycles. The molecule has 5 rings (SSSR count). The molecule has 200 valence electrons. The fourth-order valence-electron chi connectivity index (χ4n) is 4.33. The van der Waals surface area contributed by atoms with E-state index in [4.69, 9.17) is 26.1 Å². The van der Waals surface area contributed by atoms with Crippen molar-refractivity contribution in [3.05, 3.63) is 114 Å². The van der Waals surface area contributed by atoms with Crippen molar-refractivity contribution >= 4 is 23.4 Å². The van der Waals surface area contributed by atoms with Gasteiger partial charge < -0.3 is 14.0 Å². The van der Waals surface area contributed by atoms with E-state index in [1.54, 1.807) is 43.5 Å². The summed E-state index contributed by atoms with van der Waals surface area (Å²) >= 11 is 7.87. The SMILES string of the molecule is COc1cc(C(C)(C)c2cnc(SCCOc3ccc(-n4ccnc4)cc3)n2-c2ccc(F)cc2)ccc1Cl. The van der Waals surface area contributed by atoms with Crippen LogP contribution in [0.3, 0.4) is 0 Å². The van der Waals surface area contributed by atoms with Gasteiger partial charge in [-0.1, -0.05) is 43.3 Å². The first-order valence-electron chi connectivity index (χ1n) is 12.4. The molecule has 0 spiro atoms. The van der Waals surface area contributed by atoms with E-state index < -0.39 is 5.41 Å². The highest BCUT2D eigenvalue weighted by atomic mass is 35.5. The standard InChI is InChI=1S/C30H28ClFN4O2S/c1-30(2,21-4-13-26(31)27(18-21)37-3)28-19-34-29(36(28)24-7-5-22(32)6-8-24)39-17-16-38-25-11-9-23(10-12-25)35-15-14-33-20-35/h4-15,18-20H,16-17H2,1-3H3. The van der Waals surface area contributed by atoms with Gasteiger partial charge in [-0.2, -0.15) is 0 Å². The van der Waals surface area contributed by atoms with Gasteiger partial charge in [0, 0.05) is 34.9 Å². The van der Waals surface area contributed by atoms with Gasteiger partial charge in [0.15, 0.2) is 5.16 Å². The third-order valence-electron chi connectivity index (χ3n) is 6.55. The largest absolute Gasteiger partial charge is 0.495 e. The van der Waals surface area contributed by atoms with E-state index in [1.807, 2.05) is 59.4 Å². The lowest BCUT2D eigenvalue weighted by Crippen LogP contribution is -2.23.